The van der Waals surface area contributed by atoms with Crippen LogP contribution in [0.25, 0.3) is 0 Å². The van der Waals surface area contributed by atoms with Crippen molar-refractivity contribution in [2.75, 3.05) is 18.0 Å². The number of nitro groups is 1. The van der Waals surface area contributed by atoms with Gasteiger partial charge in [0.15, 0.2) is 0 Å². The van der Waals surface area contributed by atoms with Crippen LogP contribution in [0.15, 0.2) is 36.4 Å². The Morgan fingerprint density at radius 1 is 1.00 bits per heavy atom. The molecule has 0 aromatic heterocycles. The van der Waals surface area contributed by atoms with Gasteiger partial charge in [0.05, 0.1) is 26.8 Å². The van der Waals surface area contributed by atoms with E-state index >= 15 is 0 Å². The highest BCUT2D eigenvalue weighted by Gasteiger charge is 2.37. The van der Waals surface area contributed by atoms with Crippen LogP contribution in [0.5, 0.6) is 0 Å². The molecule has 0 unspecified atom stereocenters. The second-order valence-electron chi connectivity index (χ2n) is 7.39. The summed E-state index contributed by atoms with van der Waals surface area (Å²) >= 11 is 6.13. The minimum Gasteiger partial charge on any atom is -0.370 e. The largest absolute Gasteiger partial charge is 0.416 e. The molecule has 0 radical (unpaired) electrons. The molecule has 1 aliphatic rings. The summed E-state index contributed by atoms with van der Waals surface area (Å²) in [6.07, 6.45) is -8.70. The summed E-state index contributed by atoms with van der Waals surface area (Å²) in [6, 6.07) is 5.57. The van der Waals surface area contributed by atoms with E-state index in [2.05, 4.69) is 0 Å². The highest BCUT2D eigenvalue weighted by atomic mass is 35.5. The summed E-state index contributed by atoms with van der Waals surface area (Å²) < 4.78 is 78.8. The zero-order valence-corrected chi connectivity index (χ0v) is 16.7. The topological polar surface area (TPSA) is 46.4 Å². The molecule has 1 fully saturated rings. The van der Waals surface area contributed by atoms with Gasteiger partial charge < -0.3 is 4.90 Å². The monoisotopic (exact) mass is 466 g/mol. The molecule has 11 heteroatoms. The summed E-state index contributed by atoms with van der Waals surface area (Å²) in [7, 11) is 0. The summed E-state index contributed by atoms with van der Waals surface area (Å²) in [5, 5.41) is 11.0. The van der Waals surface area contributed by atoms with Gasteiger partial charge in [0.2, 0.25) is 0 Å². The van der Waals surface area contributed by atoms with Crippen LogP contribution in [0.3, 0.4) is 0 Å². The Morgan fingerprint density at radius 2 is 1.65 bits per heavy atom. The number of benzene rings is 2. The van der Waals surface area contributed by atoms with E-state index in [1.165, 1.54) is 18.2 Å². The molecule has 3 rings (SSSR count). The van der Waals surface area contributed by atoms with Gasteiger partial charge in [0.25, 0.3) is 5.69 Å². The maximum absolute atomic E-state index is 13.3. The second-order valence-corrected chi connectivity index (χ2v) is 7.80. The fraction of sp³-hybridized carbons (Fsp3) is 0.400. The molecule has 0 spiro atoms. The van der Waals surface area contributed by atoms with Crippen molar-refractivity contribution in [3.8, 4) is 0 Å². The van der Waals surface area contributed by atoms with Crippen LogP contribution < -0.4 is 4.90 Å². The summed E-state index contributed by atoms with van der Waals surface area (Å²) in [4.78, 5) is 12.1. The van der Waals surface area contributed by atoms with Crippen LogP contribution in [-0.4, -0.2) is 18.0 Å². The molecule has 0 saturated carbocycles. The summed E-state index contributed by atoms with van der Waals surface area (Å²) in [5.74, 6) is -0.238. The molecule has 4 nitrogen and oxygen atoms in total. The van der Waals surface area contributed by atoms with E-state index < -0.39 is 28.4 Å². The average Bonchev–Trinajstić information content (AvgIpc) is 2.67. The van der Waals surface area contributed by atoms with E-state index in [4.69, 9.17) is 11.6 Å². The number of non-ortho nitro benzene ring substituents is 1. The smallest absolute Gasteiger partial charge is 0.370 e. The van der Waals surface area contributed by atoms with E-state index in [1.807, 2.05) is 4.90 Å². The van der Waals surface area contributed by atoms with Crippen molar-refractivity contribution in [2.45, 2.75) is 31.6 Å². The molecular weight excluding hydrogens is 450 g/mol. The van der Waals surface area contributed by atoms with Gasteiger partial charge in [-0.05, 0) is 55.0 Å². The number of rotatable bonds is 4. The van der Waals surface area contributed by atoms with Gasteiger partial charge in [0, 0.05) is 25.2 Å². The van der Waals surface area contributed by atoms with E-state index in [0.717, 1.165) is 0 Å². The van der Waals surface area contributed by atoms with Gasteiger partial charge in [-0.15, -0.1) is 0 Å². The Hall–Kier alpha value is -2.49. The predicted octanol–water partition coefficient (Wildman–Crippen LogP) is 6.74. The van der Waals surface area contributed by atoms with Crippen LogP contribution in [-0.2, 0) is 18.8 Å². The molecule has 0 amide bonds. The van der Waals surface area contributed by atoms with Crippen molar-refractivity contribution in [3.63, 3.8) is 0 Å². The first-order chi connectivity index (χ1) is 14.4. The van der Waals surface area contributed by atoms with Crippen molar-refractivity contribution in [1.82, 2.24) is 0 Å². The Balaban J connectivity index is 1.74. The van der Waals surface area contributed by atoms with Crippen molar-refractivity contribution in [3.05, 3.63) is 68.2 Å². The predicted molar refractivity (Wildman–Crippen MR) is 103 cm³/mol. The standard InChI is InChI=1S/C20H17ClF6N2O2/c21-17-11-15(29(30)31)2-4-18(17)28-7-5-12(6-8-28)9-13-10-14(19(22,23)24)1-3-16(13)20(25,26)27/h1-4,10-12H,5-9H2. The Labute approximate surface area is 178 Å². The van der Waals surface area contributed by atoms with Crippen molar-refractivity contribution < 1.29 is 31.3 Å². The number of anilines is 1. The highest BCUT2D eigenvalue weighted by molar-refractivity contribution is 6.33. The lowest BCUT2D eigenvalue weighted by molar-refractivity contribution is -0.384. The minimum atomic E-state index is -4.74. The molecule has 1 heterocycles. The van der Waals surface area contributed by atoms with E-state index in [-0.39, 0.29) is 28.6 Å². The number of piperidine rings is 1. The number of alkyl halides is 6. The third kappa shape index (κ3) is 5.41. The summed E-state index contributed by atoms with van der Waals surface area (Å²) in [5.41, 5.74) is -2.12. The number of nitrogens with zero attached hydrogens (tertiary/aromatic N) is 2. The van der Waals surface area contributed by atoms with E-state index in [0.29, 0.717) is 49.8 Å². The SMILES string of the molecule is O=[N+]([O-])c1ccc(N2CCC(Cc3cc(C(F)(F)F)ccc3C(F)(F)F)CC2)c(Cl)c1. The lowest BCUT2D eigenvalue weighted by atomic mass is 9.87. The molecule has 1 aliphatic heterocycles. The first-order valence-electron chi connectivity index (χ1n) is 9.32. The molecule has 2 aromatic carbocycles. The molecule has 0 N–H and O–H groups in total. The van der Waals surface area contributed by atoms with Gasteiger partial charge in [-0.1, -0.05) is 11.6 Å². The minimum absolute atomic E-state index is 0.124. The molecule has 0 atom stereocenters. The van der Waals surface area contributed by atoms with Crippen molar-refractivity contribution in [2.24, 2.45) is 5.92 Å². The van der Waals surface area contributed by atoms with Crippen molar-refractivity contribution in [1.29, 1.82) is 0 Å². The van der Waals surface area contributed by atoms with Crippen LogP contribution in [0.4, 0.5) is 37.7 Å². The zero-order valence-electron chi connectivity index (χ0n) is 15.9. The number of hydrogen-bond donors (Lipinski definition) is 0. The van der Waals surface area contributed by atoms with Gasteiger partial charge in [-0.3, -0.25) is 10.1 Å². The fourth-order valence-corrected chi connectivity index (χ4v) is 4.06. The van der Waals surface area contributed by atoms with Gasteiger partial charge in [-0.25, -0.2) is 0 Å². The third-order valence-corrected chi connectivity index (χ3v) is 5.65. The van der Waals surface area contributed by atoms with Gasteiger partial charge in [0.1, 0.15) is 0 Å². The summed E-state index contributed by atoms with van der Waals surface area (Å²) in [6.45, 7) is 0.838. The molecule has 2 aromatic rings. The normalized spacial score (nSPS) is 15.9. The molecular formula is C20H17ClF6N2O2. The number of halogens is 7. The van der Waals surface area contributed by atoms with E-state index in [1.54, 1.807) is 0 Å². The molecule has 1 saturated heterocycles. The lowest BCUT2D eigenvalue weighted by Gasteiger charge is -2.34. The quantitative estimate of drug-likeness (QED) is 0.284. The van der Waals surface area contributed by atoms with Gasteiger partial charge >= 0.3 is 12.4 Å². The molecule has 0 bridgehead atoms. The third-order valence-electron chi connectivity index (χ3n) is 5.34. The fourth-order valence-electron chi connectivity index (χ4n) is 3.77. The van der Waals surface area contributed by atoms with Crippen LogP contribution in [0.2, 0.25) is 5.02 Å². The van der Waals surface area contributed by atoms with Crippen LogP contribution in [0, 0.1) is 16.0 Å². The van der Waals surface area contributed by atoms with E-state index in [9.17, 15) is 36.5 Å². The second kappa shape index (κ2) is 8.57. The Bertz CT molecular complexity index is 969. The highest BCUT2D eigenvalue weighted by Crippen LogP contribution is 2.39. The first kappa shape index (κ1) is 23.2. The van der Waals surface area contributed by atoms with Gasteiger partial charge in [-0.2, -0.15) is 26.3 Å². The number of nitro benzene ring substituents is 1. The lowest BCUT2D eigenvalue weighted by Crippen LogP contribution is -2.34. The van der Waals surface area contributed by atoms with Crippen molar-refractivity contribution >= 4 is 23.0 Å². The van der Waals surface area contributed by atoms with Crippen LogP contribution >= 0.6 is 11.6 Å². The Morgan fingerprint density at radius 3 is 2.16 bits per heavy atom. The van der Waals surface area contributed by atoms with Crippen LogP contribution in [0.1, 0.15) is 29.5 Å². The molecule has 0 aliphatic carbocycles. The molecule has 31 heavy (non-hydrogen) atoms. The average molecular weight is 467 g/mol. The molecule has 168 valence electrons. The first-order valence-corrected chi connectivity index (χ1v) is 9.70. The Kier molecular flexibility index (Phi) is 6.40. The maximum Gasteiger partial charge on any atom is 0.416 e. The maximum atomic E-state index is 13.3. The zero-order chi connectivity index (χ0) is 23.0. The number of hydrogen-bond acceptors (Lipinski definition) is 3.